The first kappa shape index (κ1) is 30.7. The molecule has 1 aliphatic carbocycles. The molecule has 3 N–H and O–H groups in total. The monoisotopic (exact) mass is 618 g/mol. The van der Waals surface area contributed by atoms with Gasteiger partial charge >= 0.3 is 14.2 Å². The standard InChI is InChI=1S/C29H31F3N5O5P/c1-37-14-20-19(17-5-7-18(38)8-6-17)9-11-23(25(20)27(37)39)35-28-33-13-21(29(30,31)32)26(36-28)34-22-10-4-16(12-24(22)41-2)15-42-43(3)40/h4,9-13,17-18,38H,5-8,14-15H2,1-3H3,(H-,33,34,35,36,39)/p+1. The Hall–Kier alpha value is -3.80. The molecule has 0 radical (unpaired) electrons. The van der Waals surface area contributed by atoms with E-state index < -0.39 is 25.6 Å². The second-order valence-electron chi connectivity index (χ2n) is 10.7. The number of hydrogen-bond acceptors (Lipinski definition) is 9. The summed E-state index contributed by atoms with van der Waals surface area (Å²) in [7, 11) is 1.24. The quantitative estimate of drug-likeness (QED) is 0.231. The lowest BCUT2D eigenvalue weighted by Crippen LogP contribution is -2.18. The van der Waals surface area contributed by atoms with Crippen LogP contribution in [0.15, 0.2) is 36.5 Å². The van der Waals surface area contributed by atoms with Crippen LogP contribution in [0.2, 0.25) is 0 Å². The molecule has 1 aromatic heterocycles. The maximum absolute atomic E-state index is 14.0. The van der Waals surface area contributed by atoms with E-state index in [0.717, 1.165) is 24.0 Å². The second kappa shape index (κ2) is 12.4. The number of aromatic nitrogens is 2. The van der Waals surface area contributed by atoms with E-state index in [9.17, 15) is 27.6 Å². The Morgan fingerprint density at radius 2 is 1.84 bits per heavy atom. The molecule has 43 heavy (non-hydrogen) atoms. The third kappa shape index (κ3) is 6.74. The highest BCUT2D eigenvalue weighted by Crippen LogP contribution is 2.42. The van der Waals surface area contributed by atoms with Gasteiger partial charge in [0.2, 0.25) is 5.95 Å². The third-order valence-corrected chi connectivity index (χ3v) is 8.21. The number of nitrogens with one attached hydrogen (secondary N) is 2. The fourth-order valence-corrected chi connectivity index (χ4v) is 5.87. The van der Waals surface area contributed by atoms with E-state index in [-0.39, 0.29) is 41.9 Å². The number of aliphatic hydroxyl groups excluding tert-OH is 1. The Labute approximate surface area is 247 Å². The van der Waals surface area contributed by atoms with E-state index in [1.165, 1.54) is 19.8 Å². The predicted octanol–water partition coefficient (Wildman–Crippen LogP) is 6.48. The number of methoxy groups -OCH3 is 1. The van der Waals surface area contributed by atoms with E-state index in [4.69, 9.17) is 9.26 Å². The molecule has 5 rings (SSSR count). The molecule has 1 aliphatic heterocycles. The number of fused-ring (bicyclic) bond motifs is 1. The van der Waals surface area contributed by atoms with E-state index in [0.29, 0.717) is 42.4 Å². The van der Waals surface area contributed by atoms with E-state index in [1.54, 1.807) is 30.1 Å². The van der Waals surface area contributed by atoms with Crippen LogP contribution < -0.4 is 15.4 Å². The van der Waals surface area contributed by atoms with Gasteiger partial charge in [-0.1, -0.05) is 12.1 Å². The van der Waals surface area contributed by atoms with Crippen molar-refractivity contribution in [3.8, 4) is 5.75 Å². The molecule has 2 heterocycles. The average molecular weight is 619 g/mol. The van der Waals surface area contributed by atoms with Crippen molar-refractivity contribution in [2.45, 2.75) is 57.0 Å². The van der Waals surface area contributed by atoms with Gasteiger partial charge in [0.15, 0.2) is 6.66 Å². The van der Waals surface area contributed by atoms with Gasteiger partial charge < -0.3 is 25.4 Å². The number of alkyl halides is 3. The van der Waals surface area contributed by atoms with Crippen molar-refractivity contribution < 1.29 is 36.9 Å². The van der Waals surface area contributed by atoms with Crippen LogP contribution in [0, 0.1) is 0 Å². The topological polar surface area (TPSA) is 126 Å². The van der Waals surface area contributed by atoms with E-state index >= 15 is 0 Å². The molecule has 0 spiro atoms. The third-order valence-electron chi connectivity index (χ3n) is 7.71. The number of anilines is 4. The lowest BCUT2D eigenvalue weighted by Gasteiger charge is -2.27. The maximum atomic E-state index is 14.0. The molecule has 2 aromatic carbocycles. The van der Waals surface area contributed by atoms with Crippen molar-refractivity contribution >= 4 is 37.1 Å². The molecule has 1 atom stereocenters. The largest absolute Gasteiger partial charge is 0.505 e. The zero-order valence-corrected chi connectivity index (χ0v) is 24.8. The molecule has 1 fully saturated rings. The van der Waals surface area contributed by atoms with E-state index in [1.807, 2.05) is 6.07 Å². The number of hydrogen-bond donors (Lipinski definition) is 3. The summed E-state index contributed by atoms with van der Waals surface area (Å²) >= 11 is 0. The molecule has 1 unspecified atom stereocenters. The van der Waals surface area contributed by atoms with Crippen LogP contribution in [0.25, 0.3) is 0 Å². The van der Waals surface area contributed by atoms with Gasteiger partial charge in [-0.2, -0.15) is 18.2 Å². The summed E-state index contributed by atoms with van der Waals surface area (Å²) in [6.07, 6.45) is -1.38. The second-order valence-corrected chi connectivity index (χ2v) is 11.8. The summed E-state index contributed by atoms with van der Waals surface area (Å²) in [5, 5.41) is 15.6. The van der Waals surface area contributed by atoms with Crippen LogP contribution >= 0.6 is 8.03 Å². The summed E-state index contributed by atoms with van der Waals surface area (Å²) in [4.78, 5) is 22.8. The van der Waals surface area contributed by atoms with Crippen LogP contribution in [0.1, 0.15) is 64.2 Å². The number of nitrogens with zero attached hydrogens (tertiary/aromatic N) is 3. The highest BCUT2D eigenvalue weighted by Gasteiger charge is 2.36. The zero-order valence-electron chi connectivity index (χ0n) is 23.9. The number of benzene rings is 2. The summed E-state index contributed by atoms with van der Waals surface area (Å²) in [5.41, 5.74) is 2.49. The minimum atomic E-state index is -4.76. The molecule has 2 aliphatic rings. The van der Waals surface area contributed by atoms with Gasteiger partial charge in [0.25, 0.3) is 5.91 Å². The number of ether oxygens (including phenoxy) is 1. The first-order valence-corrected chi connectivity index (χ1v) is 15.3. The van der Waals surface area contributed by atoms with Gasteiger partial charge in [-0.25, -0.2) is 4.98 Å². The van der Waals surface area contributed by atoms with Gasteiger partial charge in [0.05, 0.1) is 30.2 Å². The number of rotatable bonds is 9. The lowest BCUT2D eigenvalue weighted by molar-refractivity contribution is -0.137. The first-order chi connectivity index (χ1) is 20.4. The van der Waals surface area contributed by atoms with Crippen molar-refractivity contribution in [1.82, 2.24) is 14.9 Å². The highest BCUT2D eigenvalue weighted by atomic mass is 31.1. The Morgan fingerprint density at radius 1 is 1.12 bits per heavy atom. The SMILES string of the molecule is COc1cc(CO[P+](C)=O)ccc1Nc1nc(Nc2ccc(C3CCC(O)CC3)c3c2C(=O)N(C)C3)ncc1C(F)(F)F. The molecule has 228 valence electrons. The van der Waals surface area contributed by atoms with Gasteiger partial charge in [0, 0.05) is 19.8 Å². The Kier molecular flexibility index (Phi) is 8.86. The number of carbonyl (C=O) groups is 1. The van der Waals surface area contributed by atoms with Crippen LogP contribution in [-0.2, 0) is 28.4 Å². The molecule has 14 heteroatoms. The molecular weight excluding hydrogens is 586 g/mol. The van der Waals surface area contributed by atoms with Crippen LogP contribution in [-0.4, -0.2) is 52.8 Å². The fourth-order valence-electron chi connectivity index (χ4n) is 5.54. The fraction of sp³-hybridized carbons (Fsp3) is 0.414. The minimum absolute atomic E-state index is 0.0391. The molecule has 0 saturated heterocycles. The molecule has 3 aromatic rings. The van der Waals surface area contributed by atoms with Gasteiger partial charge in [0.1, 0.15) is 23.7 Å². The van der Waals surface area contributed by atoms with Crippen molar-refractivity contribution in [1.29, 1.82) is 0 Å². The van der Waals surface area contributed by atoms with Crippen molar-refractivity contribution in [2.75, 3.05) is 31.5 Å². The van der Waals surface area contributed by atoms with Crippen LogP contribution in [0.3, 0.4) is 0 Å². The molecular formula is C29H32F3N5O5P+. The van der Waals surface area contributed by atoms with Gasteiger partial charge in [-0.15, -0.1) is 4.52 Å². The molecule has 1 saturated carbocycles. The maximum Gasteiger partial charge on any atom is 0.505 e. The Balaban J connectivity index is 1.47. The van der Waals surface area contributed by atoms with Crippen LogP contribution in [0.4, 0.5) is 36.3 Å². The number of halogens is 3. The molecule has 1 amide bonds. The first-order valence-electron chi connectivity index (χ1n) is 13.7. The minimum Gasteiger partial charge on any atom is -0.495 e. The van der Waals surface area contributed by atoms with Crippen molar-refractivity contribution in [2.24, 2.45) is 0 Å². The molecule has 0 bridgehead atoms. The zero-order chi connectivity index (χ0) is 30.9. The summed E-state index contributed by atoms with van der Waals surface area (Å²) in [6, 6.07) is 8.36. The number of carbonyl (C=O) groups excluding carboxylic acids is 1. The normalized spacial score (nSPS) is 18.8. The summed E-state index contributed by atoms with van der Waals surface area (Å²) in [5.74, 6) is -0.417. The van der Waals surface area contributed by atoms with Gasteiger partial charge in [-0.3, -0.25) is 4.79 Å². The lowest BCUT2D eigenvalue weighted by atomic mass is 9.80. The number of aliphatic hydroxyl groups is 1. The average Bonchev–Trinajstić information content (AvgIpc) is 3.26. The highest BCUT2D eigenvalue weighted by molar-refractivity contribution is 7.38. The van der Waals surface area contributed by atoms with Gasteiger partial charge in [-0.05, 0) is 71.1 Å². The smallest absolute Gasteiger partial charge is 0.495 e. The van der Waals surface area contributed by atoms with Crippen molar-refractivity contribution in [3.63, 3.8) is 0 Å². The predicted molar refractivity (Wildman–Crippen MR) is 154 cm³/mol. The van der Waals surface area contributed by atoms with E-state index in [2.05, 4.69) is 20.6 Å². The Bertz CT molecular complexity index is 1550. The summed E-state index contributed by atoms with van der Waals surface area (Å²) in [6.45, 7) is 1.87. The van der Waals surface area contributed by atoms with Crippen molar-refractivity contribution in [3.05, 3.63) is 64.3 Å². The summed E-state index contributed by atoms with van der Waals surface area (Å²) < 4.78 is 63.7. The number of amides is 1. The van der Waals surface area contributed by atoms with Crippen LogP contribution in [0.5, 0.6) is 5.75 Å². The molecule has 10 nitrogen and oxygen atoms in total. The Morgan fingerprint density at radius 3 is 2.51 bits per heavy atom.